The van der Waals surface area contributed by atoms with E-state index < -0.39 is 23.2 Å². The molecule has 0 aliphatic carbocycles. The van der Waals surface area contributed by atoms with Crippen LogP contribution in [0.15, 0.2) is 0 Å². The van der Waals surface area contributed by atoms with Crippen LogP contribution in [0.5, 0.6) is 0 Å². The van der Waals surface area contributed by atoms with E-state index in [0.717, 1.165) is 0 Å². The van der Waals surface area contributed by atoms with Crippen LogP contribution in [0.25, 0.3) is 0 Å². The lowest BCUT2D eigenvalue weighted by Gasteiger charge is -2.35. The molecule has 0 saturated carbocycles. The summed E-state index contributed by atoms with van der Waals surface area (Å²) < 4.78 is 79.8. The van der Waals surface area contributed by atoms with E-state index in [0.29, 0.717) is 52.1 Å². The Morgan fingerprint density at radius 2 is 0.789 bits per heavy atom. The van der Waals surface area contributed by atoms with Crippen molar-refractivity contribution < 1.29 is 40.8 Å². The zero-order valence-electron chi connectivity index (χ0n) is 24.2. The first-order valence-corrected chi connectivity index (χ1v) is 18.3. The molecule has 0 amide bonds. The fourth-order valence-electron chi connectivity index (χ4n) is 4.04. The van der Waals surface area contributed by atoms with Gasteiger partial charge in [-0.3, -0.25) is 27.1 Å². The van der Waals surface area contributed by atoms with E-state index in [1.54, 1.807) is 55.6 Å². The minimum Gasteiger partial charge on any atom is -0.315 e. The van der Waals surface area contributed by atoms with Crippen LogP contribution in [-0.4, -0.2) is 106 Å². The number of nitrogens with zero attached hydrogens (tertiary/aromatic N) is 3. The van der Waals surface area contributed by atoms with Crippen LogP contribution in [0, 0.1) is 0 Å². The Balaban J connectivity index is 3.29. The molecule has 1 fully saturated rings. The summed E-state index contributed by atoms with van der Waals surface area (Å²) in [5, 5.41) is 3.36. The van der Waals surface area contributed by atoms with Crippen molar-refractivity contribution in [2.24, 2.45) is 0 Å². The lowest BCUT2D eigenvalue weighted by atomic mass is 10.3. The van der Waals surface area contributed by atoms with Crippen molar-refractivity contribution in [3.05, 3.63) is 0 Å². The van der Waals surface area contributed by atoms with E-state index in [9.17, 15) is 13.7 Å². The van der Waals surface area contributed by atoms with Crippen LogP contribution < -0.4 is 5.32 Å². The van der Waals surface area contributed by atoms with Gasteiger partial charge in [0.15, 0.2) is 0 Å². The highest BCUT2D eigenvalue weighted by molar-refractivity contribution is 7.52. The zero-order valence-corrected chi connectivity index (χ0v) is 26.9. The summed E-state index contributed by atoms with van der Waals surface area (Å²) in [6.45, 7) is 15.3. The molecule has 1 saturated heterocycles. The fraction of sp³-hybridized carbons (Fsp3) is 1.00. The van der Waals surface area contributed by atoms with Gasteiger partial charge in [-0.1, -0.05) is 0 Å². The Hall–Kier alpha value is 0.290. The maximum absolute atomic E-state index is 13.8. The van der Waals surface area contributed by atoms with E-state index in [1.165, 1.54) is 0 Å². The number of rotatable bonds is 15. The normalized spacial score (nSPS) is 19.4. The van der Waals surface area contributed by atoms with Gasteiger partial charge in [0.25, 0.3) is 0 Å². The minimum absolute atomic E-state index is 0.204. The van der Waals surface area contributed by atoms with Gasteiger partial charge >= 0.3 is 23.2 Å². The third-order valence-electron chi connectivity index (χ3n) is 5.56. The number of nitrogens with one attached hydrogen (secondary N) is 1. The molecule has 1 N–H and O–H groups in total. The molecule has 16 heteroatoms. The van der Waals surface area contributed by atoms with E-state index in [-0.39, 0.29) is 52.7 Å². The molecule has 1 aliphatic heterocycles. The first kappa shape index (κ1) is 36.3. The average Bonchev–Trinajstić information content (AvgIpc) is 2.85. The maximum atomic E-state index is 13.8. The van der Waals surface area contributed by atoms with Crippen molar-refractivity contribution in [3.8, 4) is 0 Å². The van der Waals surface area contributed by atoms with Gasteiger partial charge in [-0.25, -0.2) is 27.7 Å². The van der Waals surface area contributed by atoms with E-state index in [1.807, 2.05) is 0 Å². The SMILES string of the molecule is CCOP(=O)(OCC)N1CCCN(P(=O)(OCC)OCC)CCN(P(=O)(OCC)OCC)CCCNCC1. The lowest BCUT2D eigenvalue weighted by Crippen LogP contribution is -2.38. The molecule has 13 nitrogen and oxygen atoms in total. The van der Waals surface area contributed by atoms with Crippen molar-refractivity contribution in [2.45, 2.75) is 54.4 Å². The molecule has 228 valence electrons. The second-order valence-corrected chi connectivity index (χ2v) is 14.3. The van der Waals surface area contributed by atoms with Crippen LogP contribution in [0.4, 0.5) is 0 Å². The summed E-state index contributed by atoms with van der Waals surface area (Å²) in [5.74, 6) is 0. The smallest absolute Gasteiger partial charge is 0.315 e. The van der Waals surface area contributed by atoms with Gasteiger partial charge in [-0.05, 0) is 60.9 Å². The van der Waals surface area contributed by atoms with Crippen molar-refractivity contribution in [3.63, 3.8) is 0 Å². The Kier molecular flexibility index (Phi) is 18.6. The molecule has 1 heterocycles. The second kappa shape index (κ2) is 19.4. The van der Waals surface area contributed by atoms with Gasteiger partial charge in [0, 0.05) is 45.8 Å². The molecule has 0 unspecified atom stereocenters. The van der Waals surface area contributed by atoms with Crippen molar-refractivity contribution in [1.29, 1.82) is 0 Å². The molecule has 1 aliphatic rings. The molecular formula is C22H51N4O9P3. The van der Waals surface area contributed by atoms with Crippen LogP contribution >= 0.6 is 23.2 Å². The minimum atomic E-state index is -3.64. The predicted octanol–water partition coefficient (Wildman–Crippen LogP) is 4.82. The monoisotopic (exact) mass is 608 g/mol. The predicted molar refractivity (Wildman–Crippen MR) is 149 cm³/mol. The van der Waals surface area contributed by atoms with Crippen LogP contribution in [0.3, 0.4) is 0 Å². The summed E-state index contributed by atoms with van der Waals surface area (Å²) in [7, 11) is -10.7. The molecular weight excluding hydrogens is 557 g/mol. The maximum Gasteiger partial charge on any atom is 0.408 e. The van der Waals surface area contributed by atoms with Crippen molar-refractivity contribution in [1.82, 2.24) is 19.3 Å². The average molecular weight is 609 g/mol. The van der Waals surface area contributed by atoms with Gasteiger partial charge in [-0.15, -0.1) is 0 Å². The molecule has 0 aromatic carbocycles. The Morgan fingerprint density at radius 3 is 1.13 bits per heavy atom. The highest BCUT2D eigenvalue weighted by atomic mass is 31.2. The Morgan fingerprint density at radius 1 is 0.474 bits per heavy atom. The third kappa shape index (κ3) is 11.6. The van der Waals surface area contributed by atoms with E-state index >= 15 is 0 Å². The highest BCUT2D eigenvalue weighted by Gasteiger charge is 2.38. The Labute approximate surface area is 229 Å². The summed E-state index contributed by atoms with van der Waals surface area (Å²) in [4.78, 5) is 0. The molecule has 0 bridgehead atoms. The zero-order chi connectivity index (χ0) is 28.5. The Bertz CT molecular complexity index is 750. The molecule has 0 aromatic heterocycles. The molecule has 0 radical (unpaired) electrons. The van der Waals surface area contributed by atoms with Crippen molar-refractivity contribution in [2.75, 3.05) is 92.0 Å². The first-order chi connectivity index (χ1) is 18.2. The van der Waals surface area contributed by atoms with Crippen molar-refractivity contribution >= 4 is 23.2 Å². The summed E-state index contributed by atoms with van der Waals surface area (Å²) >= 11 is 0. The molecule has 0 atom stereocenters. The van der Waals surface area contributed by atoms with Gasteiger partial charge in [0.2, 0.25) is 0 Å². The summed E-state index contributed by atoms with van der Waals surface area (Å²) in [6, 6.07) is 0. The van der Waals surface area contributed by atoms with E-state index in [2.05, 4.69) is 5.32 Å². The quantitative estimate of drug-likeness (QED) is 0.255. The molecule has 0 spiro atoms. The second-order valence-electron chi connectivity index (χ2n) is 8.23. The van der Waals surface area contributed by atoms with Crippen LogP contribution in [-0.2, 0) is 40.8 Å². The summed E-state index contributed by atoms with van der Waals surface area (Å²) in [6.07, 6.45) is 1.15. The van der Waals surface area contributed by atoms with Gasteiger partial charge < -0.3 is 5.32 Å². The first-order valence-electron chi connectivity index (χ1n) is 13.8. The topological polar surface area (TPSA) is 128 Å². The van der Waals surface area contributed by atoms with Gasteiger partial charge in [0.05, 0.1) is 39.6 Å². The van der Waals surface area contributed by atoms with Gasteiger partial charge in [-0.2, -0.15) is 0 Å². The number of hydrogen-bond acceptors (Lipinski definition) is 10. The standard InChI is InChI=1S/C22H51N4O9P3/c1-7-30-36(27,31-8-2)24-18-14-19-26(38(29,34-11-5)35-12-6)22-21-25(17-13-15-23-16-20-24)37(28,32-9-3)33-10-4/h23H,7-22H2,1-6H3. The van der Waals surface area contributed by atoms with Gasteiger partial charge in [0.1, 0.15) is 0 Å². The molecule has 0 aromatic rings. The highest BCUT2D eigenvalue weighted by Crippen LogP contribution is 2.55. The fourth-order valence-corrected chi connectivity index (χ4v) is 9.37. The molecule has 38 heavy (non-hydrogen) atoms. The largest absolute Gasteiger partial charge is 0.408 e. The van der Waals surface area contributed by atoms with E-state index in [4.69, 9.17) is 27.1 Å². The third-order valence-corrected chi connectivity index (χ3v) is 12.3. The molecule has 1 rings (SSSR count). The summed E-state index contributed by atoms with van der Waals surface area (Å²) in [5.41, 5.74) is 0. The number of hydrogen-bond donors (Lipinski definition) is 1. The lowest BCUT2D eigenvalue weighted by molar-refractivity contribution is 0.142. The van der Waals surface area contributed by atoms with Crippen LogP contribution in [0.1, 0.15) is 54.4 Å². The van der Waals surface area contributed by atoms with Crippen LogP contribution in [0.2, 0.25) is 0 Å².